The molecule has 0 radical (unpaired) electrons. The number of hydrogen-bond donors (Lipinski definition) is 1. The predicted molar refractivity (Wildman–Crippen MR) is 114 cm³/mol. The Kier molecular flexibility index (Phi) is 6.40. The van der Waals surface area contributed by atoms with Crippen molar-refractivity contribution in [2.24, 2.45) is 5.92 Å². The van der Waals surface area contributed by atoms with Crippen molar-refractivity contribution < 1.29 is 32.7 Å². The minimum atomic E-state index is -2.42. The first-order valence-electron chi connectivity index (χ1n) is 10.2. The summed E-state index contributed by atoms with van der Waals surface area (Å²) in [4.78, 5) is 24.1. The number of hydrogen-bond acceptors (Lipinski definition) is 7. The van der Waals surface area contributed by atoms with Crippen LogP contribution in [0.2, 0.25) is 0 Å². The topological polar surface area (TPSA) is 107 Å². The lowest BCUT2D eigenvalue weighted by Crippen LogP contribution is -2.56. The molecule has 9 heteroatoms. The van der Waals surface area contributed by atoms with Crippen LogP contribution < -0.4 is 5.32 Å². The van der Waals surface area contributed by atoms with Gasteiger partial charge in [0.25, 0.3) is 5.91 Å². The third kappa shape index (κ3) is 5.07. The number of amides is 2. The average molecular weight is 444 g/mol. The lowest BCUT2D eigenvalue weighted by atomic mass is 9.68. The summed E-state index contributed by atoms with van der Waals surface area (Å²) in [6, 6.07) is 0. The summed E-state index contributed by atoms with van der Waals surface area (Å²) >= 11 is 0. The van der Waals surface area contributed by atoms with E-state index in [9.17, 15) is 13.8 Å². The second-order valence-corrected chi connectivity index (χ2v) is 12.1. The molecule has 170 valence electrons. The highest BCUT2D eigenvalue weighted by Gasteiger charge is 2.72. The number of rotatable bonds is 6. The van der Waals surface area contributed by atoms with Gasteiger partial charge in [0.05, 0.1) is 24.0 Å². The molecule has 0 aromatic carbocycles. The van der Waals surface area contributed by atoms with Crippen LogP contribution in [0.5, 0.6) is 0 Å². The second kappa shape index (κ2) is 8.26. The molecular formula is C21H33NO7S. The van der Waals surface area contributed by atoms with Gasteiger partial charge in [0.2, 0.25) is 0 Å². The maximum atomic E-state index is 12.3. The van der Waals surface area contributed by atoms with Crippen LogP contribution in [-0.4, -0.2) is 77.3 Å². The van der Waals surface area contributed by atoms with Crippen LogP contribution in [0.4, 0.5) is 4.79 Å². The van der Waals surface area contributed by atoms with E-state index in [0.29, 0.717) is 13.0 Å². The molecule has 1 aliphatic carbocycles. The van der Waals surface area contributed by atoms with E-state index in [2.05, 4.69) is 32.2 Å². The molecule has 2 saturated heterocycles. The van der Waals surface area contributed by atoms with E-state index < -0.39 is 39.3 Å². The summed E-state index contributed by atoms with van der Waals surface area (Å²) in [7, 11) is -0.830. The maximum Gasteiger partial charge on any atom is 0.414 e. The van der Waals surface area contributed by atoms with Crippen LogP contribution in [0, 0.1) is 5.92 Å². The Bertz CT molecular complexity index is 843. The molecular weight excluding hydrogens is 410 g/mol. The SMILES string of the molecule is COC1C(OC(=O)NC(=O)C=S(C)(C)=O)CCC2(CO2)C1C1(C)OC1CC=C(C)C. The van der Waals surface area contributed by atoms with E-state index in [4.69, 9.17) is 18.9 Å². The number of carbonyl (C=O) groups is 2. The molecule has 1 spiro atoms. The van der Waals surface area contributed by atoms with Crippen molar-refractivity contribution in [2.45, 2.75) is 69.5 Å². The molecule has 6 unspecified atom stereocenters. The fourth-order valence-electron chi connectivity index (χ4n) is 4.63. The average Bonchev–Trinajstić information content (AvgIpc) is 3.50. The van der Waals surface area contributed by atoms with Gasteiger partial charge in [-0.05, 0) is 49.6 Å². The molecule has 2 aliphatic heterocycles. The van der Waals surface area contributed by atoms with Crippen molar-refractivity contribution in [2.75, 3.05) is 26.2 Å². The Morgan fingerprint density at radius 2 is 1.97 bits per heavy atom. The van der Waals surface area contributed by atoms with E-state index in [1.807, 2.05) is 0 Å². The summed E-state index contributed by atoms with van der Waals surface area (Å²) in [5.74, 6) is -0.831. The van der Waals surface area contributed by atoms with Crippen molar-refractivity contribution in [3.8, 4) is 0 Å². The molecule has 1 N–H and O–H groups in total. The van der Waals surface area contributed by atoms with Crippen LogP contribution in [0.3, 0.4) is 0 Å². The minimum absolute atomic E-state index is 0.0575. The van der Waals surface area contributed by atoms with Gasteiger partial charge in [-0.1, -0.05) is 11.6 Å². The highest BCUT2D eigenvalue weighted by Crippen LogP contribution is 2.59. The van der Waals surface area contributed by atoms with Crippen molar-refractivity contribution in [3.63, 3.8) is 0 Å². The van der Waals surface area contributed by atoms with Gasteiger partial charge in [0, 0.05) is 19.6 Å². The zero-order valence-corrected chi connectivity index (χ0v) is 19.4. The fraction of sp³-hybridized carbons (Fsp3) is 0.762. The van der Waals surface area contributed by atoms with Gasteiger partial charge in [-0.2, -0.15) is 0 Å². The number of allylic oxidation sites excluding steroid dienone is 1. The summed E-state index contributed by atoms with van der Waals surface area (Å²) in [6.07, 6.45) is 5.31. The standard InChI is InChI=1S/C21H33NO7S/c1-13(2)7-8-15-20(3,29-15)18-17(26-4)14(9-10-21(18)12-27-21)28-19(24)22-16(23)11-30(5,6)25/h7,11,14-15,17-18H,8-10,12H2,1-6H3,(H,22,23,24). The number of epoxide rings is 2. The molecule has 3 rings (SSSR count). The molecule has 2 heterocycles. The third-order valence-corrected chi connectivity index (χ3v) is 6.89. The van der Waals surface area contributed by atoms with Crippen LogP contribution in [-0.2, 0) is 33.3 Å². The Morgan fingerprint density at radius 1 is 1.30 bits per heavy atom. The van der Waals surface area contributed by atoms with E-state index in [1.165, 1.54) is 18.1 Å². The molecule has 30 heavy (non-hydrogen) atoms. The number of nitrogens with one attached hydrogen (secondary N) is 1. The minimum Gasteiger partial charge on any atom is -0.443 e. The van der Waals surface area contributed by atoms with E-state index in [-0.39, 0.29) is 17.6 Å². The first kappa shape index (κ1) is 23.2. The highest BCUT2D eigenvalue weighted by atomic mass is 32.2. The van der Waals surface area contributed by atoms with Crippen molar-refractivity contribution >= 4 is 26.9 Å². The first-order valence-corrected chi connectivity index (χ1v) is 12.6. The largest absolute Gasteiger partial charge is 0.443 e. The van der Waals surface area contributed by atoms with Crippen molar-refractivity contribution in [1.29, 1.82) is 0 Å². The van der Waals surface area contributed by atoms with Gasteiger partial charge in [-0.15, -0.1) is 0 Å². The molecule has 2 amide bonds. The van der Waals surface area contributed by atoms with Gasteiger partial charge in [-0.25, -0.2) is 4.79 Å². The second-order valence-electron chi connectivity index (χ2n) is 9.24. The normalized spacial score (nSPS) is 37.3. The zero-order valence-electron chi connectivity index (χ0n) is 18.6. The quantitative estimate of drug-likeness (QED) is 0.378. The van der Waals surface area contributed by atoms with Crippen molar-refractivity contribution in [1.82, 2.24) is 5.32 Å². The number of carbonyl (C=O) groups excluding carboxylic acids is 2. The molecule has 0 aromatic heterocycles. The molecule has 8 nitrogen and oxygen atoms in total. The predicted octanol–water partition coefficient (Wildman–Crippen LogP) is 1.66. The summed E-state index contributed by atoms with van der Waals surface area (Å²) in [5.41, 5.74) is 0.492. The Hall–Kier alpha value is -1.42. The first-order chi connectivity index (χ1) is 13.9. The summed E-state index contributed by atoms with van der Waals surface area (Å²) < 4.78 is 35.1. The Morgan fingerprint density at radius 3 is 2.50 bits per heavy atom. The number of alkyl carbamates (subject to hydrolysis) is 1. The maximum absolute atomic E-state index is 12.3. The Labute approximate surface area is 178 Å². The smallest absolute Gasteiger partial charge is 0.414 e. The fourth-order valence-corrected chi connectivity index (χ4v) is 5.20. The molecule has 1 saturated carbocycles. The molecule has 6 atom stereocenters. The molecule has 0 aromatic rings. The summed E-state index contributed by atoms with van der Waals surface area (Å²) in [5, 5.41) is 3.11. The van der Waals surface area contributed by atoms with Crippen molar-refractivity contribution in [3.05, 3.63) is 11.6 Å². The van der Waals surface area contributed by atoms with E-state index in [0.717, 1.165) is 18.2 Å². The van der Waals surface area contributed by atoms with Gasteiger partial charge in [0.15, 0.2) is 0 Å². The van der Waals surface area contributed by atoms with E-state index in [1.54, 1.807) is 7.11 Å². The van der Waals surface area contributed by atoms with Crippen LogP contribution in [0.15, 0.2) is 11.6 Å². The summed E-state index contributed by atoms with van der Waals surface area (Å²) in [6.45, 7) is 6.82. The van der Waals surface area contributed by atoms with Crippen LogP contribution in [0.1, 0.15) is 40.0 Å². The lowest BCUT2D eigenvalue weighted by Gasteiger charge is -2.42. The van der Waals surface area contributed by atoms with Gasteiger partial charge in [0.1, 0.15) is 23.4 Å². The highest BCUT2D eigenvalue weighted by molar-refractivity contribution is 8.01. The van der Waals surface area contributed by atoms with Gasteiger partial charge >= 0.3 is 6.09 Å². The number of ether oxygens (including phenoxy) is 4. The zero-order chi connectivity index (χ0) is 22.3. The monoisotopic (exact) mass is 443 g/mol. The third-order valence-electron chi connectivity index (χ3n) is 6.11. The molecule has 3 fully saturated rings. The van der Waals surface area contributed by atoms with Crippen LogP contribution >= 0.6 is 0 Å². The lowest BCUT2D eigenvalue weighted by molar-refractivity contribution is -0.122. The van der Waals surface area contributed by atoms with Gasteiger partial charge in [-0.3, -0.25) is 14.3 Å². The molecule has 0 bridgehead atoms. The van der Waals surface area contributed by atoms with Crippen LogP contribution in [0.25, 0.3) is 0 Å². The number of methoxy groups -OCH3 is 1. The Balaban J connectivity index is 1.71. The van der Waals surface area contributed by atoms with Gasteiger partial charge < -0.3 is 18.9 Å². The van der Waals surface area contributed by atoms with E-state index >= 15 is 0 Å². The number of imide groups is 1. The molecule has 3 aliphatic rings.